The van der Waals surface area contributed by atoms with Gasteiger partial charge in [-0.05, 0) is 48.0 Å². The maximum atomic E-state index is 4.57. The van der Waals surface area contributed by atoms with E-state index in [4.69, 9.17) is 0 Å². The fraction of sp³-hybridized carbons (Fsp3) is 0. The molecular weight excluding hydrogens is 338 g/mol. The summed E-state index contributed by atoms with van der Waals surface area (Å²) in [4.78, 5) is 12.2. The van der Waals surface area contributed by atoms with Crippen LogP contribution in [0.2, 0.25) is 0 Å². The van der Waals surface area contributed by atoms with Gasteiger partial charge in [-0.15, -0.1) is 0 Å². The molecule has 1 N–H and O–H groups in total. The SMILES string of the molecule is Brc1ccc2[nH]c(C=Cc3ccc4ncccc4c3)nc2c1. The molecule has 2 aromatic carbocycles. The number of pyridine rings is 1. The summed E-state index contributed by atoms with van der Waals surface area (Å²) in [6.07, 6.45) is 5.86. The van der Waals surface area contributed by atoms with Crippen LogP contribution in [0.5, 0.6) is 0 Å². The number of imidazole rings is 1. The maximum absolute atomic E-state index is 4.57. The van der Waals surface area contributed by atoms with E-state index < -0.39 is 0 Å². The lowest BCUT2D eigenvalue weighted by molar-refractivity contribution is 1.29. The molecular formula is C18H12BrN3. The summed E-state index contributed by atoms with van der Waals surface area (Å²) in [5.74, 6) is 0.847. The third-order valence-corrected chi connectivity index (χ3v) is 4.02. The molecule has 0 radical (unpaired) electrons. The van der Waals surface area contributed by atoms with Gasteiger partial charge in [-0.25, -0.2) is 4.98 Å². The van der Waals surface area contributed by atoms with Crippen molar-refractivity contribution in [3.8, 4) is 0 Å². The smallest absolute Gasteiger partial charge is 0.131 e. The quantitative estimate of drug-likeness (QED) is 0.550. The van der Waals surface area contributed by atoms with Gasteiger partial charge in [0.2, 0.25) is 0 Å². The number of halogens is 1. The number of nitrogens with one attached hydrogen (secondary N) is 1. The first-order chi connectivity index (χ1) is 10.8. The molecule has 0 aliphatic rings. The third-order valence-electron chi connectivity index (χ3n) is 3.52. The molecule has 0 atom stereocenters. The van der Waals surface area contributed by atoms with Gasteiger partial charge >= 0.3 is 0 Å². The molecule has 2 aromatic heterocycles. The zero-order valence-corrected chi connectivity index (χ0v) is 13.2. The van der Waals surface area contributed by atoms with E-state index >= 15 is 0 Å². The monoisotopic (exact) mass is 349 g/mol. The Kier molecular flexibility index (Phi) is 3.24. The highest BCUT2D eigenvalue weighted by Crippen LogP contribution is 2.19. The van der Waals surface area contributed by atoms with Crippen LogP contribution in [-0.4, -0.2) is 15.0 Å². The number of aromatic amines is 1. The summed E-state index contributed by atoms with van der Waals surface area (Å²) < 4.78 is 1.03. The summed E-state index contributed by atoms with van der Waals surface area (Å²) in [5.41, 5.74) is 4.12. The van der Waals surface area contributed by atoms with Crippen molar-refractivity contribution in [2.24, 2.45) is 0 Å². The van der Waals surface area contributed by atoms with Gasteiger partial charge in [-0.1, -0.05) is 34.1 Å². The molecule has 22 heavy (non-hydrogen) atoms. The van der Waals surface area contributed by atoms with Crippen LogP contribution in [0.3, 0.4) is 0 Å². The maximum Gasteiger partial charge on any atom is 0.131 e. The second-order valence-corrected chi connectivity index (χ2v) is 5.99. The number of fused-ring (bicyclic) bond motifs is 2. The number of aromatic nitrogens is 3. The minimum atomic E-state index is 0.847. The van der Waals surface area contributed by atoms with Crippen LogP contribution in [0.4, 0.5) is 0 Å². The fourth-order valence-corrected chi connectivity index (χ4v) is 2.80. The van der Waals surface area contributed by atoms with Crippen molar-refractivity contribution in [2.45, 2.75) is 0 Å². The minimum absolute atomic E-state index is 0.847. The van der Waals surface area contributed by atoms with E-state index in [2.05, 4.69) is 55.2 Å². The largest absolute Gasteiger partial charge is 0.338 e. The molecule has 0 aliphatic carbocycles. The van der Waals surface area contributed by atoms with Crippen molar-refractivity contribution in [3.05, 3.63) is 70.6 Å². The van der Waals surface area contributed by atoms with E-state index in [-0.39, 0.29) is 0 Å². The molecule has 0 fully saturated rings. The normalized spacial score (nSPS) is 11.7. The Morgan fingerprint density at radius 1 is 0.955 bits per heavy atom. The van der Waals surface area contributed by atoms with Crippen LogP contribution < -0.4 is 0 Å². The van der Waals surface area contributed by atoms with E-state index in [0.717, 1.165) is 37.8 Å². The van der Waals surface area contributed by atoms with E-state index in [1.807, 2.05) is 42.6 Å². The highest BCUT2D eigenvalue weighted by molar-refractivity contribution is 9.10. The highest BCUT2D eigenvalue weighted by atomic mass is 79.9. The van der Waals surface area contributed by atoms with Gasteiger partial charge in [0.1, 0.15) is 5.82 Å². The van der Waals surface area contributed by atoms with E-state index in [0.29, 0.717) is 0 Å². The van der Waals surface area contributed by atoms with Crippen LogP contribution in [0.25, 0.3) is 34.1 Å². The third kappa shape index (κ3) is 2.53. The van der Waals surface area contributed by atoms with Crippen molar-refractivity contribution in [2.75, 3.05) is 0 Å². The second-order valence-electron chi connectivity index (χ2n) is 5.07. The lowest BCUT2D eigenvalue weighted by Crippen LogP contribution is -1.79. The molecule has 0 aliphatic heterocycles. The van der Waals surface area contributed by atoms with Crippen LogP contribution in [0.15, 0.2) is 59.2 Å². The zero-order valence-electron chi connectivity index (χ0n) is 11.6. The average Bonchev–Trinajstić information content (AvgIpc) is 2.94. The molecule has 0 saturated heterocycles. The second kappa shape index (κ2) is 5.39. The molecule has 4 rings (SSSR count). The first-order valence-corrected chi connectivity index (χ1v) is 7.75. The summed E-state index contributed by atoms with van der Waals surface area (Å²) in [7, 11) is 0. The van der Waals surface area contributed by atoms with E-state index in [9.17, 15) is 0 Å². The predicted molar refractivity (Wildman–Crippen MR) is 94.5 cm³/mol. The van der Waals surface area contributed by atoms with Crippen molar-refractivity contribution < 1.29 is 0 Å². The Hall–Kier alpha value is -2.46. The Bertz CT molecular complexity index is 1000. The Balaban J connectivity index is 1.68. The van der Waals surface area contributed by atoms with E-state index in [1.54, 1.807) is 0 Å². The number of nitrogens with zero attached hydrogens (tertiary/aromatic N) is 2. The average molecular weight is 350 g/mol. The number of H-pyrrole nitrogens is 1. The summed E-state index contributed by atoms with van der Waals surface area (Å²) in [6.45, 7) is 0. The predicted octanol–water partition coefficient (Wildman–Crippen LogP) is 5.04. The first kappa shape index (κ1) is 13.2. The topological polar surface area (TPSA) is 41.6 Å². The molecule has 3 nitrogen and oxygen atoms in total. The van der Waals surface area contributed by atoms with Crippen LogP contribution >= 0.6 is 15.9 Å². The number of rotatable bonds is 2. The van der Waals surface area contributed by atoms with Crippen molar-refractivity contribution in [1.82, 2.24) is 15.0 Å². The molecule has 0 amide bonds. The first-order valence-electron chi connectivity index (χ1n) is 6.96. The highest BCUT2D eigenvalue weighted by Gasteiger charge is 2.00. The molecule has 0 unspecified atom stereocenters. The fourth-order valence-electron chi connectivity index (χ4n) is 2.45. The Morgan fingerprint density at radius 2 is 1.91 bits per heavy atom. The van der Waals surface area contributed by atoms with Gasteiger partial charge < -0.3 is 4.98 Å². The Morgan fingerprint density at radius 3 is 2.86 bits per heavy atom. The number of hydrogen-bond donors (Lipinski definition) is 1. The molecule has 0 spiro atoms. The van der Waals surface area contributed by atoms with Crippen molar-refractivity contribution >= 4 is 50.0 Å². The van der Waals surface area contributed by atoms with Gasteiger partial charge in [0, 0.05) is 16.1 Å². The molecule has 106 valence electrons. The molecule has 0 saturated carbocycles. The lowest BCUT2D eigenvalue weighted by atomic mass is 10.1. The van der Waals surface area contributed by atoms with Gasteiger partial charge in [0.15, 0.2) is 0 Å². The van der Waals surface area contributed by atoms with Gasteiger partial charge in [-0.2, -0.15) is 0 Å². The van der Waals surface area contributed by atoms with Gasteiger partial charge in [0.25, 0.3) is 0 Å². The molecule has 4 heteroatoms. The number of hydrogen-bond acceptors (Lipinski definition) is 2. The summed E-state index contributed by atoms with van der Waals surface area (Å²) in [6, 6.07) is 16.3. The standard InChI is InChI=1S/C18H12BrN3/c19-14-5-7-16-17(11-14)22-18(21-16)8-4-12-3-6-15-13(10-12)2-1-9-20-15/h1-11H,(H,21,22). The van der Waals surface area contributed by atoms with Gasteiger partial charge in [-0.3, -0.25) is 4.98 Å². The van der Waals surface area contributed by atoms with Crippen molar-refractivity contribution in [1.29, 1.82) is 0 Å². The zero-order chi connectivity index (χ0) is 14.9. The van der Waals surface area contributed by atoms with Gasteiger partial charge in [0.05, 0.1) is 16.6 Å². The van der Waals surface area contributed by atoms with Crippen LogP contribution in [0.1, 0.15) is 11.4 Å². The van der Waals surface area contributed by atoms with E-state index in [1.165, 1.54) is 0 Å². The summed E-state index contributed by atoms with van der Waals surface area (Å²) >= 11 is 3.46. The molecule has 4 aromatic rings. The van der Waals surface area contributed by atoms with Crippen LogP contribution in [0, 0.1) is 0 Å². The molecule has 0 bridgehead atoms. The molecule has 2 heterocycles. The van der Waals surface area contributed by atoms with Crippen LogP contribution in [-0.2, 0) is 0 Å². The van der Waals surface area contributed by atoms with Crippen molar-refractivity contribution in [3.63, 3.8) is 0 Å². The summed E-state index contributed by atoms with van der Waals surface area (Å²) in [5, 5.41) is 1.14. The number of benzene rings is 2. The lowest BCUT2D eigenvalue weighted by Gasteiger charge is -1.97. The Labute approximate surface area is 135 Å². The minimum Gasteiger partial charge on any atom is -0.338 e.